The highest BCUT2D eigenvalue weighted by atomic mass is 16.6. The monoisotopic (exact) mass is 433 g/mol. The van der Waals surface area contributed by atoms with E-state index in [0.717, 1.165) is 0 Å². The Morgan fingerprint density at radius 1 is 0.969 bits per heavy atom. The minimum absolute atomic E-state index is 0.0995. The summed E-state index contributed by atoms with van der Waals surface area (Å²) in [5, 5.41) is 30.4. The summed E-state index contributed by atoms with van der Waals surface area (Å²) in [6.07, 6.45) is 0. The predicted molar refractivity (Wildman–Crippen MR) is 112 cm³/mol. The summed E-state index contributed by atoms with van der Waals surface area (Å²) in [5.74, 6) is -0.641. The van der Waals surface area contributed by atoms with Gasteiger partial charge in [-0.25, -0.2) is 9.48 Å². The third-order valence-corrected chi connectivity index (χ3v) is 4.79. The number of nitro groups is 2. The second-order valence-corrected chi connectivity index (χ2v) is 6.79. The SMILES string of the molecule is O=C(Oc1ccccc1[C@@H](C[N+](=O)[O-])n1nnc2ccccc21)c1ccc([N+](=O)[O-])cc1. The molecule has 0 fully saturated rings. The zero-order chi connectivity index (χ0) is 22.7. The zero-order valence-electron chi connectivity index (χ0n) is 16.4. The fraction of sp³-hybridized carbons (Fsp3) is 0.0952. The van der Waals surface area contributed by atoms with Gasteiger partial charge in [-0.3, -0.25) is 20.2 Å². The van der Waals surface area contributed by atoms with Gasteiger partial charge in [-0.2, -0.15) is 0 Å². The summed E-state index contributed by atoms with van der Waals surface area (Å²) in [4.78, 5) is 33.8. The number of hydrogen-bond acceptors (Lipinski definition) is 8. The Morgan fingerprint density at radius 3 is 2.38 bits per heavy atom. The van der Waals surface area contributed by atoms with E-state index in [-0.39, 0.29) is 17.0 Å². The van der Waals surface area contributed by atoms with Crippen LogP contribution < -0.4 is 4.74 Å². The van der Waals surface area contributed by atoms with Crippen molar-refractivity contribution in [1.29, 1.82) is 0 Å². The van der Waals surface area contributed by atoms with Crippen LogP contribution >= 0.6 is 0 Å². The van der Waals surface area contributed by atoms with Crippen LogP contribution in [0, 0.1) is 20.2 Å². The number of para-hydroxylation sites is 2. The van der Waals surface area contributed by atoms with Crippen molar-refractivity contribution in [2.75, 3.05) is 6.54 Å². The third kappa shape index (κ3) is 4.12. The number of nitro benzene ring substituents is 1. The number of non-ortho nitro benzene ring substituents is 1. The fourth-order valence-corrected chi connectivity index (χ4v) is 3.29. The van der Waals surface area contributed by atoms with E-state index in [1.807, 2.05) is 0 Å². The number of ether oxygens (including phenoxy) is 1. The van der Waals surface area contributed by atoms with E-state index >= 15 is 0 Å². The molecular formula is C21H15N5O6. The van der Waals surface area contributed by atoms with Gasteiger partial charge < -0.3 is 4.74 Å². The largest absolute Gasteiger partial charge is 0.423 e. The highest BCUT2D eigenvalue weighted by molar-refractivity contribution is 5.91. The first-order chi connectivity index (χ1) is 15.4. The molecule has 1 atom stereocenters. The lowest BCUT2D eigenvalue weighted by Gasteiger charge is -2.17. The maximum Gasteiger partial charge on any atom is 0.343 e. The summed E-state index contributed by atoms with van der Waals surface area (Å²) in [6.45, 7) is -0.514. The van der Waals surface area contributed by atoms with E-state index in [0.29, 0.717) is 16.6 Å². The van der Waals surface area contributed by atoms with Crippen LogP contribution in [-0.2, 0) is 0 Å². The van der Waals surface area contributed by atoms with Crippen LogP contribution in [0.5, 0.6) is 5.75 Å². The first kappa shape index (κ1) is 20.6. The van der Waals surface area contributed by atoms with E-state index in [1.165, 1.54) is 35.0 Å². The number of nitrogens with zero attached hydrogens (tertiary/aromatic N) is 5. The predicted octanol–water partition coefficient (Wildman–Crippen LogP) is 3.42. The molecule has 0 saturated heterocycles. The van der Waals surface area contributed by atoms with Gasteiger partial charge in [0.25, 0.3) is 5.69 Å². The molecule has 3 aromatic carbocycles. The summed E-state index contributed by atoms with van der Waals surface area (Å²) in [7, 11) is 0. The van der Waals surface area contributed by atoms with Crippen LogP contribution in [0.15, 0.2) is 72.8 Å². The second-order valence-electron chi connectivity index (χ2n) is 6.79. The Balaban J connectivity index is 1.70. The molecule has 0 bridgehead atoms. The summed E-state index contributed by atoms with van der Waals surface area (Å²) >= 11 is 0. The van der Waals surface area contributed by atoms with Crippen molar-refractivity contribution in [2.45, 2.75) is 6.04 Å². The van der Waals surface area contributed by atoms with Crippen LogP contribution in [0.1, 0.15) is 22.0 Å². The first-order valence-electron chi connectivity index (χ1n) is 9.41. The number of aromatic nitrogens is 3. The zero-order valence-corrected chi connectivity index (χ0v) is 16.4. The Bertz CT molecular complexity index is 1320. The lowest BCUT2D eigenvalue weighted by atomic mass is 10.1. The molecule has 0 N–H and O–H groups in total. The summed E-state index contributed by atoms with van der Waals surface area (Å²) < 4.78 is 6.94. The molecule has 4 aromatic rings. The molecule has 0 aliphatic heterocycles. The van der Waals surface area contributed by atoms with Crippen molar-refractivity contribution in [2.24, 2.45) is 0 Å². The van der Waals surface area contributed by atoms with Gasteiger partial charge in [0.15, 0.2) is 0 Å². The van der Waals surface area contributed by atoms with Crippen LogP contribution in [0.4, 0.5) is 5.69 Å². The van der Waals surface area contributed by atoms with Crippen molar-refractivity contribution in [3.63, 3.8) is 0 Å². The Labute approximate surface area is 180 Å². The highest BCUT2D eigenvalue weighted by Gasteiger charge is 2.27. The number of fused-ring (bicyclic) bond motifs is 1. The number of benzene rings is 3. The molecule has 11 heteroatoms. The number of carbonyl (C=O) groups excluding carboxylic acids is 1. The van der Waals surface area contributed by atoms with Gasteiger partial charge in [-0.05, 0) is 30.3 Å². The molecular weight excluding hydrogens is 418 g/mol. The van der Waals surface area contributed by atoms with Gasteiger partial charge in [0.2, 0.25) is 6.54 Å². The number of esters is 1. The molecule has 0 aliphatic rings. The Kier molecular flexibility index (Phi) is 5.53. The van der Waals surface area contributed by atoms with Gasteiger partial charge in [-0.1, -0.05) is 35.5 Å². The lowest BCUT2D eigenvalue weighted by molar-refractivity contribution is -0.484. The van der Waals surface area contributed by atoms with Crippen molar-refractivity contribution >= 4 is 22.7 Å². The molecule has 11 nitrogen and oxygen atoms in total. The molecule has 32 heavy (non-hydrogen) atoms. The molecule has 0 spiro atoms. The standard InChI is InChI=1S/C21H15N5O6/c27-21(14-9-11-15(12-10-14)26(30)31)32-20-8-4-1-5-16(20)19(13-24(28)29)25-18-7-3-2-6-17(18)22-23-25/h1-12,19H,13H2/t19-/m1/s1. The molecule has 0 unspecified atom stereocenters. The Morgan fingerprint density at radius 2 is 1.66 bits per heavy atom. The first-order valence-corrected chi connectivity index (χ1v) is 9.41. The average Bonchev–Trinajstić information content (AvgIpc) is 3.22. The maximum atomic E-state index is 12.6. The number of carbonyl (C=O) groups is 1. The number of rotatable bonds is 7. The van der Waals surface area contributed by atoms with E-state index < -0.39 is 28.4 Å². The molecule has 0 amide bonds. The van der Waals surface area contributed by atoms with Crippen LogP contribution in [0.2, 0.25) is 0 Å². The summed E-state index contributed by atoms with van der Waals surface area (Å²) in [6, 6.07) is 17.5. The molecule has 1 aromatic heterocycles. The molecule has 0 saturated carbocycles. The van der Waals surface area contributed by atoms with Gasteiger partial charge >= 0.3 is 5.97 Å². The minimum Gasteiger partial charge on any atom is -0.423 e. The van der Waals surface area contributed by atoms with Crippen LogP contribution in [-0.4, -0.2) is 37.4 Å². The lowest BCUT2D eigenvalue weighted by Crippen LogP contribution is -2.22. The molecule has 4 rings (SSSR count). The van der Waals surface area contributed by atoms with Crippen LogP contribution in [0.25, 0.3) is 11.0 Å². The maximum absolute atomic E-state index is 12.6. The molecule has 0 radical (unpaired) electrons. The van der Waals surface area contributed by atoms with E-state index in [9.17, 15) is 25.0 Å². The van der Waals surface area contributed by atoms with Crippen LogP contribution in [0.3, 0.4) is 0 Å². The highest BCUT2D eigenvalue weighted by Crippen LogP contribution is 2.30. The van der Waals surface area contributed by atoms with E-state index in [2.05, 4.69) is 10.3 Å². The van der Waals surface area contributed by atoms with Crippen molar-refractivity contribution in [3.8, 4) is 5.75 Å². The minimum atomic E-state index is -0.890. The third-order valence-electron chi connectivity index (χ3n) is 4.79. The van der Waals surface area contributed by atoms with E-state index in [4.69, 9.17) is 4.74 Å². The van der Waals surface area contributed by atoms with Crippen molar-refractivity contribution in [3.05, 3.63) is 104 Å². The summed E-state index contributed by atoms with van der Waals surface area (Å²) in [5.41, 5.74) is 1.47. The van der Waals surface area contributed by atoms with Crippen molar-refractivity contribution in [1.82, 2.24) is 15.0 Å². The van der Waals surface area contributed by atoms with Gasteiger partial charge in [0, 0.05) is 22.6 Å². The van der Waals surface area contributed by atoms with Gasteiger partial charge in [-0.15, -0.1) is 5.10 Å². The fourth-order valence-electron chi connectivity index (χ4n) is 3.29. The molecule has 160 valence electrons. The normalized spacial score (nSPS) is 11.8. The second kappa shape index (κ2) is 8.60. The topological polar surface area (TPSA) is 143 Å². The average molecular weight is 433 g/mol. The van der Waals surface area contributed by atoms with Gasteiger partial charge in [0.1, 0.15) is 17.3 Å². The smallest absolute Gasteiger partial charge is 0.343 e. The molecule has 0 aliphatic carbocycles. The van der Waals surface area contributed by atoms with Gasteiger partial charge in [0.05, 0.1) is 16.0 Å². The number of hydrogen-bond donors (Lipinski definition) is 0. The Hall–Kier alpha value is -4.67. The van der Waals surface area contributed by atoms with E-state index in [1.54, 1.807) is 42.5 Å². The quantitative estimate of drug-likeness (QED) is 0.187. The molecule has 1 heterocycles. The van der Waals surface area contributed by atoms with Crippen molar-refractivity contribution < 1.29 is 19.4 Å².